The van der Waals surface area contributed by atoms with Crippen LogP contribution in [-0.2, 0) is 20.9 Å². The van der Waals surface area contributed by atoms with E-state index in [0.717, 1.165) is 6.26 Å². The quantitative estimate of drug-likeness (QED) is 0.762. The molecule has 1 heterocycles. The van der Waals surface area contributed by atoms with Crippen LogP contribution in [0.5, 0.6) is 5.88 Å². The van der Waals surface area contributed by atoms with Gasteiger partial charge in [-0.05, 0) is 22.0 Å². The van der Waals surface area contributed by atoms with E-state index in [1.807, 2.05) is 0 Å². The van der Waals surface area contributed by atoms with Gasteiger partial charge in [0.05, 0.1) is 20.0 Å². The molecule has 0 spiro atoms. The van der Waals surface area contributed by atoms with Crippen molar-refractivity contribution in [3.05, 3.63) is 16.2 Å². The maximum Gasteiger partial charge on any atom is 0.264 e. The number of nitrogens with zero attached hydrogens (tertiary/aromatic N) is 2. The van der Waals surface area contributed by atoms with E-state index in [1.165, 1.54) is 7.11 Å². The Bertz CT molecular complexity index is 448. The number of halogens is 1. The van der Waals surface area contributed by atoms with Gasteiger partial charge in [0.25, 0.3) is 10.1 Å². The van der Waals surface area contributed by atoms with Crippen molar-refractivity contribution in [1.29, 1.82) is 0 Å². The van der Waals surface area contributed by atoms with Crippen LogP contribution in [0.2, 0.25) is 0 Å². The summed E-state index contributed by atoms with van der Waals surface area (Å²) in [6.45, 7) is -0.129. The molecule has 0 aliphatic carbocycles. The molecular formula is C7H9BrN2O4S. The van der Waals surface area contributed by atoms with Gasteiger partial charge in [-0.2, -0.15) is 8.42 Å². The van der Waals surface area contributed by atoms with Crippen LogP contribution in [0, 0.1) is 0 Å². The molecule has 0 atom stereocenters. The first-order valence-corrected chi connectivity index (χ1v) is 6.44. The van der Waals surface area contributed by atoms with E-state index < -0.39 is 10.1 Å². The summed E-state index contributed by atoms with van der Waals surface area (Å²) in [5.41, 5.74) is 0.504. The van der Waals surface area contributed by atoms with Crippen molar-refractivity contribution in [2.45, 2.75) is 6.61 Å². The molecule has 1 aromatic heterocycles. The lowest BCUT2D eigenvalue weighted by Gasteiger charge is -2.06. The number of hydrogen-bond donors (Lipinski definition) is 0. The Kier molecular flexibility index (Phi) is 4.00. The van der Waals surface area contributed by atoms with E-state index >= 15 is 0 Å². The summed E-state index contributed by atoms with van der Waals surface area (Å²) in [5, 5.41) is 7.40. The summed E-state index contributed by atoms with van der Waals surface area (Å²) in [5.74, 6) is 0.238. The minimum atomic E-state index is -3.48. The molecule has 0 aliphatic rings. The van der Waals surface area contributed by atoms with E-state index in [2.05, 4.69) is 30.3 Å². The van der Waals surface area contributed by atoms with Gasteiger partial charge >= 0.3 is 0 Å². The lowest BCUT2D eigenvalue weighted by molar-refractivity contribution is 0.298. The predicted octanol–water partition coefficient (Wildman–Crippen LogP) is 0.724. The Morgan fingerprint density at radius 2 is 2.13 bits per heavy atom. The molecule has 1 aromatic rings. The van der Waals surface area contributed by atoms with E-state index in [-0.39, 0.29) is 12.5 Å². The molecule has 0 saturated heterocycles. The second-order valence-corrected chi connectivity index (χ2v) is 5.12. The highest BCUT2D eigenvalue weighted by atomic mass is 79.9. The van der Waals surface area contributed by atoms with Gasteiger partial charge in [-0.15, -0.1) is 10.2 Å². The molecule has 0 amide bonds. The molecule has 0 radical (unpaired) electrons. The van der Waals surface area contributed by atoms with Crippen molar-refractivity contribution in [3.8, 4) is 5.88 Å². The Hall–Kier alpha value is -0.730. The van der Waals surface area contributed by atoms with Crippen LogP contribution in [0.4, 0.5) is 0 Å². The summed E-state index contributed by atoms with van der Waals surface area (Å²) >= 11 is 3.11. The first kappa shape index (κ1) is 12.3. The Morgan fingerprint density at radius 3 is 2.67 bits per heavy atom. The van der Waals surface area contributed by atoms with E-state index in [1.54, 1.807) is 6.07 Å². The van der Waals surface area contributed by atoms with Crippen LogP contribution in [0.25, 0.3) is 0 Å². The Balaban J connectivity index is 2.88. The zero-order valence-electron chi connectivity index (χ0n) is 8.10. The molecule has 0 unspecified atom stereocenters. The van der Waals surface area contributed by atoms with Crippen molar-refractivity contribution in [3.63, 3.8) is 0 Å². The van der Waals surface area contributed by atoms with Crippen LogP contribution in [0.3, 0.4) is 0 Å². The topological polar surface area (TPSA) is 78.4 Å². The summed E-state index contributed by atoms with van der Waals surface area (Å²) in [4.78, 5) is 0. The SMILES string of the molecule is COc1nnc(Br)cc1COS(C)(=O)=O. The van der Waals surface area contributed by atoms with Crippen molar-refractivity contribution < 1.29 is 17.3 Å². The molecule has 8 heteroatoms. The Morgan fingerprint density at radius 1 is 1.47 bits per heavy atom. The Labute approximate surface area is 95.9 Å². The average Bonchev–Trinajstić information content (AvgIpc) is 2.14. The molecule has 6 nitrogen and oxygen atoms in total. The standard InChI is InChI=1S/C7H9BrN2O4S/c1-13-7-5(3-6(8)9-10-7)4-14-15(2,11)12/h3H,4H2,1-2H3. The van der Waals surface area contributed by atoms with Gasteiger partial charge in [0.15, 0.2) is 0 Å². The van der Waals surface area contributed by atoms with Crippen LogP contribution in [0.1, 0.15) is 5.56 Å². The first-order chi connectivity index (χ1) is 6.92. The molecule has 84 valence electrons. The number of hydrogen-bond acceptors (Lipinski definition) is 6. The molecule has 0 bridgehead atoms. The zero-order chi connectivity index (χ0) is 11.5. The van der Waals surface area contributed by atoms with Gasteiger partial charge in [-0.3, -0.25) is 4.18 Å². The van der Waals surface area contributed by atoms with Gasteiger partial charge < -0.3 is 4.74 Å². The van der Waals surface area contributed by atoms with Crippen LogP contribution in [0.15, 0.2) is 10.7 Å². The summed E-state index contributed by atoms with van der Waals surface area (Å²) in [6, 6.07) is 1.58. The molecule has 0 aromatic carbocycles. The maximum absolute atomic E-state index is 10.8. The lowest BCUT2D eigenvalue weighted by Crippen LogP contribution is -2.05. The second kappa shape index (κ2) is 4.86. The molecule has 0 saturated carbocycles. The minimum absolute atomic E-state index is 0.129. The van der Waals surface area contributed by atoms with Crippen LogP contribution in [-0.4, -0.2) is 32.0 Å². The highest BCUT2D eigenvalue weighted by molar-refractivity contribution is 9.10. The smallest absolute Gasteiger partial charge is 0.264 e. The van der Waals surface area contributed by atoms with Crippen molar-refractivity contribution in [1.82, 2.24) is 10.2 Å². The number of aromatic nitrogens is 2. The van der Waals surface area contributed by atoms with Crippen molar-refractivity contribution in [2.24, 2.45) is 0 Å². The average molecular weight is 297 g/mol. The predicted molar refractivity (Wildman–Crippen MR) is 55.9 cm³/mol. The molecule has 0 N–H and O–H groups in total. The summed E-state index contributed by atoms with van der Waals surface area (Å²) < 4.78 is 31.6. The van der Waals surface area contributed by atoms with Crippen molar-refractivity contribution >= 4 is 26.0 Å². The van der Waals surface area contributed by atoms with Gasteiger partial charge in [0.2, 0.25) is 5.88 Å². The fourth-order valence-corrected chi connectivity index (χ4v) is 1.53. The highest BCUT2D eigenvalue weighted by Crippen LogP contribution is 2.18. The third kappa shape index (κ3) is 4.10. The molecule has 0 fully saturated rings. The van der Waals surface area contributed by atoms with Gasteiger partial charge in [0.1, 0.15) is 4.60 Å². The van der Waals surface area contributed by atoms with Crippen LogP contribution < -0.4 is 4.74 Å². The maximum atomic E-state index is 10.8. The largest absolute Gasteiger partial charge is 0.480 e. The molecule has 1 rings (SSSR count). The molecular weight excluding hydrogens is 288 g/mol. The highest BCUT2D eigenvalue weighted by Gasteiger charge is 2.10. The van der Waals surface area contributed by atoms with E-state index in [0.29, 0.717) is 10.2 Å². The fourth-order valence-electron chi connectivity index (χ4n) is 0.838. The third-order valence-electron chi connectivity index (χ3n) is 1.43. The number of rotatable bonds is 4. The first-order valence-electron chi connectivity index (χ1n) is 3.83. The summed E-state index contributed by atoms with van der Waals surface area (Å²) in [7, 11) is -2.06. The van der Waals surface area contributed by atoms with Gasteiger partial charge in [-0.25, -0.2) is 0 Å². The van der Waals surface area contributed by atoms with Crippen molar-refractivity contribution in [2.75, 3.05) is 13.4 Å². The molecule has 15 heavy (non-hydrogen) atoms. The van der Waals surface area contributed by atoms with Gasteiger partial charge in [0, 0.05) is 5.56 Å². The van der Waals surface area contributed by atoms with E-state index in [9.17, 15) is 8.42 Å². The monoisotopic (exact) mass is 296 g/mol. The second-order valence-electron chi connectivity index (χ2n) is 2.67. The third-order valence-corrected chi connectivity index (χ3v) is 2.36. The zero-order valence-corrected chi connectivity index (χ0v) is 10.5. The normalized spacial score (nSPS) is 11.4. The van der Waals surface area contributed by atoms with Gasteiger partial charge in [-0.1, -0.05) is 0 Å². The van der Waals surface area contributed by atoms with Crippen LogP contribution >= 0.6 is 15.9 Å². The minimum Gasteiger partial charge on any atom is -0.480 e. The van der Waals surface area contributed by atoms with E-state index in [4.69, 9.17) is 4.74 Å². The lowest BCUT2D eigenvalue weighted by atomic mass is 10.3. The number of ether oxygens (including phenoxy) is 1. The summed E-state index contributed by atoms with van der Waals surface area (Å²) in [6.07, 6.45) is 0.975. The fraction of sp³-hybridized carbons (Fsp3) is 0.429. The number of methoxy groups -OCH3 is 1. The molecule has 0 aliphatic heterocycles.